The SMILES string of the molecule is CCN1CCN(Cc2ccc(NC(=O)c3ccc(C)c(C#Cc4cnc5c(N/C(C=N)=C/NCCN(C)C)cccn45)c3)cc2C(F)(F)F)CC1. The second kappa shape index (κ2) is 16.7. The summed E-state index contributed by atoms with van der Waals surface area (Å²) in [5.74, 6) is 5.74. The molecule has 1 aliphatic rings. The maximum atomic E-state index is 14.1. The zero-order chi connectivity index (χ0) is 36.5. The molecule has 0 unspecified atom stereocenters. The summed E-state index contributed by atoms with van der Waals surface area (Å²) in [6.45, 7) is 9.71. The summed E-state index contributed by atoms with van der Waals surface area (Å²) in [7, 11) is 3.98. The number of amides is 1. The lowest BCUT2D eigenvalue weighted by atomic mass is 10.0. The number of benzene rings is 2. The summed E-state index contributed by atoms with van der Waals surface area (Å²) in [4.78, 5) is 24.2. The van der Waals surface area contributed by atoms with Crippen LogP contribution in [0.1, 0.15) is 45.2 Å². The van der Waals surface area contributed by atoms with Crippen molar-refractivity contribution in [2.45, 2.75) is 26.6 Å². The first-order chi connectivity index (χ1) is 24.4. The molecule has 0 radical (unpaired) electrons. The number of nitrogens with zero attached hydrogens (tertiary/aromatic N) is 5. The van der Waals surface area contributed by atoms with Gasteiger partial charge in [-0.25, -0.2) is 4.98 Å². The van der Waals surface area contributed by atoms with Gasteiger partial charge in [-0.3, -0.25) is 14.1 Å². The van der Waals surface area contributed by atoms with Crippen molar-refractivity contribution >= 4 is 29.1 Å². The maximum absolute atomic E-state index is 14.1. The number of anilines is 2. The highest BCUT2D eigenvalue weighted by atomic mass is 19.4. The number of likely N-dealkylation sites (N-methyl/N-ethyl adjacent to an activating group) is 2. The van der Waals surface area contributed by atoms with Crippen LogP contribution in [0.3, 0.4) is 0 Å². The molecule has 3 heterocycles. The molecule has 0 spiro atoms. The van der Waals surface area contributed by atoms with Crippen molar-refractivity contribution in [2.24, 2.45) is 0 Å². The maximum Gasteiger partial charge on any atom is 0.416 e. The van der Waals surface area contributed by atoms with Crippen molar-refractivity contribution in [2.75, 3.05) is 70.5 Å². The van der Waals surface area contributed by atoms with Gasteiger partial charge in [0.15, 0.2) is 5.65 Å². The smallest absolute Gasteiger partial charge is 0.388 e. The molecule has 13 heteroatoms. The van der Waals surface area contributed by atoms with Crippen LogP contribution in [0.2, 0.25) is 0 Å². The Bertz CT molecular complexity index is 1950. The summed E-state index contributed by atoms with van der Waals surface area (Å²) in [5, 5.41) is 16.9. The predicted octanol–water partition coefficient (Wildman–Crippen LogP) is 5.51. The van der Waals surface area contributed by atoms with Crippen molar-refractivity contribution < 1.29 is 18.0 Å². The number of fused-ring (bicyclic) bond motifs is 1. The summed E-state index contributed by atoms with van der Waals surface area (Å²) in [5.41, 5.74) is 3.70. The first-order valence-corrected chi connectivity index (χ1v) is 16.9. The van der Waals surface area contributed by atoms with E-state index >= 15 is 0 Å². The van der Waals surface area contributed by atoms with Gasteiger partial charge in [0, 0.05) is 81.2 Å². The predicted molar refractivity (Wildman–Crippen MR) is 196 cm³/mol. The van der Waals surface area contributed by atoms with Crippen LogP contribution in [-0.2, 0) is 12.7 Å². The number of allylic oxidation sites excluding steroid dienone is 1. The van der Waals surface area contributed by atoms with E-state index in [1.54, 1.807) is 30.6 Å². The largest absolute Gasteiger partial charge is 0.416 e. The minimum atomic E-state index is -4.56. The van der Waals surface area contributed by atoms with Gasteiger partial charge in [-0.2, -0.15) is 13.2 Å². The Morgan fingerprint density at radius 1 is 1.04 bits per heavy atom. The van der Waals surface area contributed by atoms with Gasteiger partial charge in [0.25, 0.3) is 5.91 Å². The van der Waals surface area contributed by atoms with Crippen LogP contribution in [-0.4, -0.2) is 96.1 Å². The number of hydrogen-bond acceptors (Lipinski definition) is 8. The molecule has 2 aromatic heterocycles. The highest BCUT2D eigenvalue weighted by Gasteiger charge is 2.34. The number of nitrogens with one attached hydrogen (secondary N) is 4. The van der Waals surface area contributed by atoms with Gasteiger partial charge in [-0.1, -0.05) is 25.0 Å². The van der Waals surface area contributed by atoms with Crippen LogP contribution in [0.5, 0.6) is 0 Å². The lowest BCUT2D eigenvalue weighted by molar-refractivity contribution is -0.138. The Kier molecular flexibility index (Phi) is 12.1. The van der Waals surface area contributed by atoms with E-state index in [2.05, 4.69) is 49.5 Å². The van der Waals surface area contributed by atoms with Gasteiger partial charge in [-0.15, -0.1) is 0 Å². The lowest BCUT2D eigenvalue weighted by Crippen LogP contribution is -2.45. The minimum absolute atomic E-state index is 0.0700. The average molecular weight is 700 g/mol. The van der Waals surface area contributed by atoms with Crippen molar-refractivity contribution in [1.82, 2.24) is 29.4 Å². The second-order valence-corrected chi connectivity index (χ2v) is 12.7. The van der Waals surface area contributed by atoms with Crippen LogP contribution in [0.15, 0.2) is 72.8 Å². The van der Waals surface area contributed by atoms with E-state index in [1.165, 1.54) is 18.3 Å². The standard InChI is InChI=1S/C38H44F3N9O/c1-5-48-17-19-49(20-18-48)26-30-10-12-31(22-34(30)38(39,40)41)46-37(51)29-9-8-27(2)28(21-29)11-13-33-25-44-36-35(7-6-15-50(33)36)45-32(23-42)24-43-14-16-47(3)4/h6-10,12,15,21-25,42-43,45H,5,14,16-20,26H2,1-4H3,(H,46,51)/b32-24+,42-23?. The van der Waals surface area contributed by atoms with Gasteiger partial charge >= 0.3 is 6.18 Å². The molecule has 268 valence electrons. The summed E-state index contributed by atoms with van der Waals surface area (Å²) < 4.78 is 44.3. The zero-order valence-electron chi connectivity index (χ0n) is 29.4. The monoisotopic (exact) mass is 699 g/mol. The fraction of sp³-hybridized carbons (Fsp3) is 0.342. The first-order valence-electron chi connectivity index (χ1n) is 16.9. The summed E-state index contributed by atoms with van der Waals surface area (Å²) in [6, 6.07) is 12.7. The first kappa shape index (κ1) is 37.1. The summed E-state index contributed by atoms with van der Waals surface area (Å²) >= 11 is 0. The topological polar surface area (TPSA) is 104 Å². The number of hydrogen-bond donors (Lipinski definition) is 4. The molecule has 5 rings (SSSR count). The van der Waals surface area contributed by atoms with E-state index in [1.807, 2.05) is 48.6 Å². The molecule has 0 saturated carbocycles. The Balaban J connectivity index is 1.30. The molecule has 51 heavy (non-hydrogen) atoms. The molecule has 0 atom stereocenters. The van der Waals surface area contributed by atoms with Gasteiger partial charge in [0.1, 0.15) is 5.69 Å². The fourth-order valence-corrected chi connectivity index (χ4v) is 5.73. The average Bonchev–Trinajstić information content (AvgIpc) is 3.53. The molecule has 1 fully saturated rings. The van der Waals surface area contributed by atoms with E-state index in [4.69, 9.17) is 5.41 Å². The van der Waals surface area contributed by atoms with E-state index in [0.29, 0.717) is 41.4 Å². The number of carbonyl (C=O) groups is 1. The Morgan fingerprint density at radius 2 is 1.80 bits per heavy atom. The van der Waals surface area contributed by atoms with E-state index < -0.39 is 17.6 Å². The number of pyridine rings is 1. The highest BCUT2D eigenvalue weighted by Crippen LogP contribution is 2.35. The molecule has 1 aliphatic heterocycles. The van der Waals surface area contributed by atoms with Crippen LogP contribution in [0.4, 0.5) is 24.5 Å². The number of piperazine rings is 1. The van der Waals surface area contributed by atoms with Gasteiger partial charge in [0.05, 0.1) is 23.1 Å². The van der Waals surface area contributed by atoms with Gasteiger partial charge in [-0.05, 0) is 81.0 Å². The molecule has 2 aromatic carbocycles. The second-order valence-electron chi connectivity index (χ2n) is 12.7. The molecule has 10 nitrogen and oxygen atoms in total. The Labute approximate surface area is 296 Å². The summed E-state index contributed by atoms with van der Waals surface area (Å²) in [6.07, 6.45) is 1.89. The van der Waals surface area contributed by atoms with Crippen LogP contribution < -0.4 is 16.0 Å². The normalized spacial score (nSPS) is 14.3. The third kappa shape index (κ3) is 9.76. The Morgan fingerprint density at radius 3 is 2.51 bits per heavy atom. The molecule has 1 amide bonds. The molecule has 0 aliphatic carbocycles. The lowest BCUT2D eigenvalue weighted by Gasteiger charge is -2.34. The van der Waals surface area contributed by atoms with Gasteiger partial charge < -0.3 is 31.2 Å². The number of alkyl halides is 3. The number of aromatic nitrogens is 2. The highest BCUT2D eigenvalue weighted by molar-refractivity contribution is 6.04. The van der Waals surface area contributed by atoms with Crippen molar-refractivity contribution in [3.05, 3.63) is 106 Å². The molecular weight excluding hydrogens is 655 g/mol. The molecule has 1 saturated heterocycles. The number of carbonyl (C=O) groups excluding carboxylic acids is 1. The molecule has 0 bridgehead atoms. The van der Waals surface area contributed by atoms with Crippen LogP contribution >= 0.6 is 0 Å². The fourth-order valence-electron chi connectivity index (χ4n) is 5.73. The Hall–Kier alpha value is -5.16. The van der Waals surface area contributed by atoms with Gasteiger partial charge in [0.2, 0.25) is 0 Å². The van der Waals surface area contributed by atoms with Crippen LogP contribution in [0, 0.1) is 24.2 Å². The van der Waals surface area contributed by atoms with Crippen molar-refractivity contribution in [3.8, 4) is 11.8 Å². The third-order valence-corrected chi connectivity index (χ3v) is 8.74. The quantitative estimate of drug-likeness (QED) is 0.0880. The number of aryl methyl sites for hydroxylation is 1. The van der Waals surface area contributed by atoms with E-state index in [9.17, 15) is 18.0 Å². The number of rotatable bonds is 12. The zero-order valence-corrected chi connectivity index (χ0v) is 29.4. The molecule has 4 aromatic rings. The minimum Gasteiger partial charge on any atom is -0.388 e. The number of halogens is 3. The number of imidazole rings is 1. The van der Waals surface area contributed by atoms with Crippen LogP contribution in [0.25, 0.3) is 5.65 Å². The molecular formula is C38H44F3N9O. The van der Waals surface area contributed by atoms with E-state index in [0.717, 1.165) is 44.4 Å². The molecule has 4 N–H and O–H groups in total. The van der Waals surface area contributed by atoms with Crippen molar-refractivity contribution in [3.63, 3.8) is 0 Å². The van der Waals surface area contributed by atoms with Crippen molar-refractivity contribution in [1.29, 1.82) is 5.41 Å². The third-order valence-electron chi connectivity index (χ3n) is 8.74. The van der Waals surface area contributed by atoms with E-state index in [-0.39, 0.29) is 23.4 Å².